The highest BCUT2D eigenvalue weighted by molar-refractivity contribution is 4.67. The predicted molar refractivity (Wildman–Crippen MR) is 20.1 cm³/mol. The van der Waals surface area contributed by atoms with E-state index in [0.717, 1.165) is 0 Å². The third kappa shape index (κ3) is 3.36. The molecular formula is C4H5O. The minimum atomic E-state index is 0.358. The van der Waals surface area contributed by atoms with Crippen molar-refractivity contribution in [3.63, 3.8) is 0 Å². The molecule has 0 aliphatic carbocycles. The lowest BCUT2D eigenvalue weighted by Crippen LogP contribution is -1.73. The molecule has 0 aromatic heterocycles. The number of hydrogen-bond acceptors (Lipinski definition) is 1. The molecule has 0 heterocycles. The van der Waals surface area contributed by atoms with Gasteiger partial charge in [0.25, 0.3) is 0 Å². The zero-order chi connectivity index (χ0) is 4.12. The molecule has 1 radical (unpaired) electrons. The molecule has 0 saturated carbocycles. The minimum absolute atomic E-state index is 0.358. The fourth-order valence-corrected chi connectivity index (χ4v) is 0.0589. The zero-order valence-electron chi connectivity index (χ0n) is 2.90. The summed E-state index contributed by atoms with van der Waals surface area (Å²) in [6.45, 7) is 3.67. The highest BCUT2D eigenvalue weighted by Gasteiger charge is 1.56. The van der Waals surface area contributed by atoms with E-state index in [1.165, 1.54) is 0 Å². The van der Waals surface area contributed by atoms with Gasteiger partial charge < -0.3 is 4.74 Å². The van der Waals surface area contributed by atoms with Crippen LogP contribution < -0.4 is 0 Å². The summed E-state index contributed by atoms with van der Waals surface area (Å²) in [5, 5.41) is 0. The van der Waals surface area contributed by atoms with Gasteiger partial charge in [-0.15, -0.1) is 0 Å². The van der Waals surface area contributed by atoms with Crippen molar-refractivity contribution in [2.45, 2.75) is 0 Å². The molecule has 0 aromatic carbocycles. The lowest BCUT2D eigenvalue weighted by atomic mass is 10.9. The van der Waals surface area contributed by atoms with Gasteiger partial charge in [-0.25, -0.2) is 0 Å². The van der Waals surface area contributed by atoms with Crippen molar-refractivity contribution in [1.82, 2.24) is 0 Å². The van der Waals surface area contributed by atoms with Gasteiger partial charge in [-0.1, -0.05) is 6.42 Å². The second-order valence-corrected chi connectivity index (χ2v) is 0.466. The monoisotopic (exact) mass is 69.0 g/mol. The second-order valence-electron chi connectivity index (χ2n) is 0.466. The van der Waals surface area contributed by atoms with E-state index in [4.69, 9.17) is 0 Å². The van der Waals surface area contributed by atoms with Crippen LogP contribution in [0.3, 0.4) is 0 Å². The van der Waals surface area contributed by atoms with Crippen molar-refractivity contribution in [2.24, 2.45) is 0 Å². The van der Waals surface area contributed by atoms with Crippen molar-refractivity contribution in [2.75, 3.05) is 6.61 Å². The summed E-state index contributed by atoms with van der Waals surface area (Å²) in [6.07, 6.45) is 6.58. The Morgan fingerprint density at radius 2 is 2.60 bits per heavy atom. The fourth-order valence-electron chi connectivity index (χ4n) is 0.0589. The molecule has 0 N–H and O–H groups in total. The minimum Gasteiger partial charge on any atom is -0.447 e. The van der Waals surface area contributed by atoms with E-state index in [2.05, 4.69) is 18.1 Å². The van der Waals surface area contributed by atoms with Crippen LogP contribution in [0.15, 0.2) is 0 Å². The fraction of sp³-hybridized carbons (Fsp3) is 0.250. The predicted octanol–water partition coefficient (Wildman–Crippen LogP) is 0.428. The maximum absolute atomic E-state index is 4.63. The average Bonchev–Trinajstić information content (AvgIpc) is 1.41. The normalized spacial score (nSPS) is 5.60. The molecule has 27 valence electrons. The molecule has 0 atom stereocenters. The van der Waals surface area contributed by atoms with Gasteiger partial charge in [0.05, 0.1) is 0 Å². The van der Waals surface area contributed by atoms with E-state index in [0.29, 0.717) is 6.61 Å². The van der Waals surface area contributed by atoms with Crippen LogP contribution in [0.1, 0.15) is 0 Å². The van der Waals surface area contributed by atoms with Gasteiger partial charge in [0, 0.05) is 0 Å². The summed E-state index contributed by atoms with van der Waals surface area (Å²) in [5.41, 5.74) is 0. The highest BCUT2D eigenvalue weighted by atomic mass is 16.5. The molecule has 0 bridgehead atoms. The molecule has 1 heteroatoms. The van der Waals surface area contributed by atoms with E-state index in [-0.39, 0.29) is 0 Å². The van der Waals surface area contributed by atoms with Gasteiger partial charge in [0.1, 0.15) is 12.7 Å². The lowest BCUT2D eigenvalue weighted by Gasteiger charge is -1.79. The van der Waals surface area contributed by atoms with E-state index in [9.17, 15) is 0 Å². The third-order valence-corrected chi connectivity index (χ3v) is 0.185. The first-order valence-corrected chi connectivity index (χ1v) is 1.28. The highest BCUT2D eigenvalue weighted by Crippen LogP contribution is 1.57. The average molecular weight is 69.1 g/mol. The van der Waals surface area contributed by atoms with E-state index in [1.807, 2.05) is 6.11 Å². The molecular weight excluding hydrogens is 64.0 g/mol. The van der Waals surface area contributed by atoms with Gasteiger partial charge in [-0.05, 0) is 6.92 Å². The van der Waals surface area contributed by atoms with Crippen LogP contribution in [-0.4, -0.2) is 6.61 Å². The van der Waals surface area contributed by atoms with Gasteiger partial charge in [0.2, 0.25) is 0 Å². The Morgan fingerprint density at radius 1 is 2.00 bits per heavy atom. The molecule has 0 fully saturated rings. The Labute approximate surface area is 31.9 Å². The summed E-state index contributed by atoms with van der Waals surface area (Å²) < 4.78 is 4.25. The molecule has 0 aliphatic heterocycles. The Hall–Kier alpha value is -0.640. The molecule has 0 spiro atoms. The standard InChI is InChI=1S/C4H5O/c1-3-5-4-2/h1H,2,4H2. The Balaban J connectivity index is 2.48. The molecule has 0 aromatic rings. The maximum atomic E-state index is 4.63. The maximum Gasteiger partial charge on any atom is 0.106 e. The van der Waals surface area contributed by atoms with Gasteiger partial charge in [0.15, 0.2) is 0 Å². The summed E-state index contributed by atoms with van der Waals surface area (Å²) >= 11 is 0. The zero-order valence-corrected chi connectivity index (χ0v) is 2.90. The van der Waals surface area contributed by atoms with Crippen molar-refractivity contribution in [1.29, 1.82) is 0 Å². The van der Waals surface area contributed by atoms with Crippen molar-refractivity contribution in [3.05, 3.63) is 6.92 Å². The number of rotatable bonds is 1. The van der Waals surface area contributed by atoms with Crippen LogP contribution in [0.2, 0.25) is 0 Å². The summed E-state index contributed by atoms with van der Waals surface area (Å²) in [4.78, 5) is 0. The molecule has 0 rings (SSSR count). The van der Waals surface area contributed by atoms with Crippen LogP contribution in [0, 0.1) is 19.5 Å². The molecule has 0 amide bonds. The Bertz CT molecular complexity index is 42.1. The molecule has 0 unspecified atom stereocenters. The topological polar surface area (TPSA) is 9.23 Å². The van der Waals surface area contributed by atoms with Crippen molar-refractivity contribution >= 4 is 0 Å². The van der Waals surface area contributed by atoms with Gasteiger partial charge in [-0.2, -0.15) is 0 Å². The summed E-state index contributed by atoms with van der Waals surface area (Å²) in [5.74, 6) is 0. The SMILES string of the molecule is C#COC[CH2]. The second kappa shape index (κ2) is 3.36. The molecule has 0 aliphatic rings. The first kappa shape index (κ1) is 4.36. The smallest absolute Gasteiger partial charge is 0.106 e. The van der Waals surface area contributed by atoms with Crippen LogP contribution in [-0.2, 0) is 4.74 Å². The van der Waals surface area contributed by atoms with Crippen LogP contribution in [0.4, 0.5) is 0 Å². The quantitative estimate of drug-likeness (QED) is 0.406. The van der Waals surface area contributed by atoms with Crippen LogP contribution >= 0.6 is 0 Å². The first-order valence-electron chi connectivity index (χ1n) is 1.28. The Morgan fingerprint density at radius 3 is 2.60 bits per heavy atom. The summed E-state index contributed by atoms with van der Waals surface area (Å²) in [7, 11) is 0. The Kier molecular flexibility index (Phi) is 2.93. The third-order valence-electron chi connectivity index (χ3n) is 0.185. The van der Waals surface area contributed by atoms with Gasteiger partial charge >= 0.3 is 0 Å². The van der Waals surface area contributed by atoms with Crippen molar-refractivity contribution in [3.8, 4) is 12.5 Å². The molecule has 5 heavy (non-hydrogen) atoms. The largest absolute Gasteiger partial charge is 0.447 e. The van der Waals surface area contributed by atoms with E-state index in [1.54, 1.807) is 0 Å². The van der Waals surface area contributed by atoms with Crippen molar-refractivity contribution < 1.29 is 4.74 Å². The van der Waals surface area contributed by atoms with E-state index >= 15 is 0 Å². The molecule has 0 saturated heterocycles. The first-order chi connectivity index (χ1) is 2.41. The molecule has 1 nitrogen and oxygen atoms in total. The van der Waals surface area contributed by atoms with E-state index < -0.39 is 0 Å². The van der Waals surface area contributed by atoms with Gasteiger partial charge in [-0.3, -0.25) is 0 Å². The summed E-state index contributed by atoms with van der Waals surface area (Å²) in [6, 6.07) is 0. The number of hydrogen-bond donors (Lipinski definition) is 0. The van der Waals surface area contributed by atoms with Crippen LogP contribution in [0.5, 0.6) is 0 Å². The van der Waals surface area contributed by atoms with Crippen LogP contribution in [0.25, 0.3) is 0 Å². The number of terminal acetylenes is 1. The lowest BCUT2D eigenvalue weighted by molar-refractivity contribution is 0.320. The number of ether oxygens (including phenoxy) is 1.